The Kier molecular flexibility index (Phi) is 3.43. The van der Waals surface area contributed by atoms with Crippen molar-refractivity contribution in [3.05, 3.63) is 40.5 Å². The molecule has 4 heteroatoms. The molecule has 0 fully saturated rings. The van der Waals surface area contributed by atoms with Crippen molar-refractivity contribution in [3.8, 4) is 11.4 Å². The summed E-state index contributed by atoms with van der Waals surface area (Å²) in [5.41, 5.74) is 2.00. The number of nitrogens with zero attached hydrogens (tertiary/aromatic N) is 3. The topological polar surface area (TPSA) is 29.0 Å². The van der Waals surface area contributed by atoms with Crippen LogP contribution in [-0.4, -0.2) is 24.1 Å². The number of halogens is 1. The Balaban J connectivity index is 2.48. The monoisotopic (exact) mass is 291 g/mol. The smallest absolute Gasteiger partial charge is 0.161 e. The van der Waals surface area contributed by atoms with E-state index >= 15 is 0 Å². The van der Waals surface area contributed by atoms with E-state index < -0.39 is 0 Å². The summed E-state index contributed by atoms with van der Waals surface area (Å²) < 4.78 is 1.06. The number of hydrogen-bond acceptors (Lipinski definition) is 3. The molecular formula is C13H14BrN3. The van der Waals surface area contributed by atoms with E-state index in [1.165, 1.54) is 0 Å². The summed E-state index contributed by atoms with van der Waals surface area (Å²) in [4.78, 5) is 11.0. The predicted molar refractivity (Wildman–Crippen MR) is 74.2 cm³/mol. The number of anilines is 1. The van der Waals surface area contributed by atoms with Crippen LogP contribution in [0.4, 0.5) is 5.82 Å². The molecule has 0 radical (unpaired) electrons. The predicted octanol–water partition coefficient (Wildman–Crippen LogP) is 3.28. The van der Waals surface area contributed by atoms with Crippen molar-refractivity contribution in [2.24, 2.45) is 0 Å². The molecule has 0 spiro atoms. The van der Waals surface area contributed by atoms with Crippen molar-refractivity contribution in [2.45, 2.75) is 6.92 Å². The fraction of sp³-hybridized carbons (Fsp3) is 0.231. The third kappa shape index (κ3) is 2.82. The average molecular weight is 292 g/mol. The fourth-order valence-electron chi connectivity index (χ4n) is 1.51. The van der Waals surface area contributed by atoms with Crippen molar-refractivity contribution in [1.82, 2.24) is 9.97 Å². The first kappa shape index (κ1) is 12.0. The zero-order valence-electron chi connectivity index (χ0n) is 10.1. The SMILES string of the molecule is Cc1cc(N(C)C)nc(-c2ccc(Br)cc2)n1. The summed E-state index contributed by atoms with van der Waals surface area (Å²) in [5, 5.41) is 0. The van der Waals surface area contributed by atoms with Gasteiger partial charge in [0.25, 0.3) is 0 Å². The van der Waals surface area contributed by atoms with Gasteiger partial charge in [-0.2, -0.15) is 0 Å². The maximum absolute atomic E-state index is 4.53. The second-order valence-electron chi connectivity index (χ2n) is 4.09. The molecule has 17 heavy (non-hydrogen) atoms. The molecule has 0 saturated carbocycles. The van der Waals surface area contributed by atoms with E-state index in [0.29, 0.717) is 0 Å². The van der Waals surface area contributed by atoms with Gasteiger partial charge in [-0.15, -0.1) is 0 Å². The van der Waals surface area contributed by atoms with E-state index in [-0.39, 0.29) is 0 Å². The van der Waals surface area contributed by atoms with E-state index in [9.17, 15) is 0 Å². The molecule has 2 aromatic rings. The first-order chi connectivity index (χ1) is 8.06. The number of hydrogen-bond donors (Lipinski definition) is 0. The minimum Gasteiger partial charge on any atom is -0.363 e. The van der Waals surface area contributed by atoms with Crippen LogP contribution in [0.25, 0.3) is 11.4 Å². The van der Waals surface area contributed by atoms with Crippen LogP contribution in [0, 0.1) is 6.92 Å². The highest BCUT2D eigenvalue weighted by Gasteiger charge is 2.06. The van der Waals surface area contributed by atoms with Gasteiger partial charge in [0, 0.05) is 35.9 Å². The van der Waals surface area contributed by atoms with Gasteiger partial charge in [0.05, 0.1) is 0 Å². The zero-order chi connectivity index (χ0) is 12.4. The highest BCUT2D eigenvalue weighted by Crippen LogP contribution is 2.21. The maximum Gasteiger partial charge on any atom is 0.161 e. The molecule has 0 N–H and O–H groups in total. The van der Waals surface area contributed by atoms with Crippen LogP contribution in [0.3, 0.4) is 0 Å². The summed E-state index contributed by atoms with van der Waals surface area (Å²) in [5.74, 6) is 1.69. The van der Waals surface area contributed by atoms with Crippen LogP contribution in [0.5, 0.6) is 0 Å². The summed E-state index contributed by atoms with van der Waals surface area (Å²) >= 11 is 3.42. The van der Waals surface area contributed by atoms with Crippen LogP contribution < -0.4 is 4.90 Å². The van der Waals surface area contributed by atoms with Crippen molar-refractivity contribution in [3.63, 3.8) is 0 Å². The number of benzene rings is 1. The molecule has 0 aliphatic rings. The highest BCUT2D eigenvalue weighted by atomic mass is 79.9. The summed E-state index contributed by atoms with van der Waals surface area (Å²) in [7, 11) is 3.96. The van der Waals surface area contributed by atoms with Gasteiger partial charge in [0.15, 0.2) is 5.82 Å². The Labute approximate surface area is 110 Å². The Morgan fingerprint density at radius 2 is 1.71 bits per heavy atom. The number of aromatic nitrogens is 2. The molecule has 1 heterocycles. The molecule has 0 atom stereocenters. The van der Waals surface area contributed by atoms with Crippen molar-refractivity contribution in [2.75, 3.05) is 19.0 Å². The first-order valence-corrected chi connectivity index (χ1v) is 6.14. The summed E-state index contributed by atoms with van der Waals surface area (Å²) in [6, 6.07) is 9.99. The van der Waals surface area contributed by atoms with E-state index in [1.54, 1.807) is 0 Å². The molecule has 0 unspecified atom stereocenters. The lowest BCUT2D eigenvalue weighted by atomic mass is 10.2. The zero-order valence-corrected chi connectivity index (χ0v) is 11.7. The largest absolute Gasteiger partial charge is 0.363 e. The standard InChI is InChI=1S/C13H14BrN3/c1-9-8-12(17(2)3)16-13(15-9)10-4-6-11(14)7-5-10/h4-8H,1-3H3. The van der Waals surface area contributed by atoms with Gasteiger partial charge in [-0.3, -0.25) is 0 Å². The summed E-state index contributed by atoms with van der Waals surface area (Å²) in [6.07, 6.45) is 0. The van der Waals surface area contributed by atoms with Crippen molar-refractivity contribution >= 4 is 21.7 Å². The average Bonchev–Trinajstić information content (AvgIpc) is 2.29. The molecule has 1 aromatic heterocycles. The molecule has 2 rings (SSSR count). The molecule has 0 aliphatic carbocycles. The Morgan fingerprint density at radius 3 is 2.29 bits per heavy atom. The molecule has 0 bridgehead atoms. The molecule has 1 aromatic carbocycles. The van der Waals surface area contributed by atoms with Gasteiger partial charge in [-0.25, -0.2) is 9.97 Å². The van der Waals surface area contributed by atoms with Crippen LogP contribution in [0.15, 0.2) is 34.8 Å². The minimum absolute atomic E-state index is 0.765. The fourth-order valence-corrected chi connectivity index (χ4v) is 1.77. The van der Waals surface area contributed by atoms with Crippen molar-refractivity contribution < 1.29 is 0 Å². The van der Waals surface area contributed by atoms with Gasteiger partial charge in [0.2, 0.25) is 0 Å². The van der Waals surface area contributed by atoms with E-state index in [2.05, 4.69) is 25.9 Å². The van der Waals surface area contributed by atoms with Crippen LogP contribution in [0.2, 0.25) is 0 Å². The molecule has 0 aliphatic heterocycles. The molecule has 3 nitrogen and oxygen atoms in total. The molecular weight excluding hydrogens is 278 g/mol. The van der Waals surface area contributed by atoms with E-state index in [1.807, 2.05) is 56.3 Å². The highest BCUT2D eigenvalue weighted by molar-refractivity contribution is 9.10. The minimum atomic E-state index is 0.765. The molecule has 0 amide bonds. The lowest BCUT2D eigenvalue weighted by molar-refractivity contribution is 1.02. The Morgan fingerprint density at radius 1 is 1.06 bits per heavy atom. The third-order valence-electron chi connectivity index (χ3n) is 2.40. The van der Waals surface area contributed by atoms with Gasteiger partial charge in [-0.05, 0) is 19.1 Å². The Hall–Kier alpha value is -1.42. The van der Waals surface area contributed by atoms with Gasteiger partial charge >= 0.3 is 0 Å². The number of aryl methyl sites for hydroxylation is 1. The van der Waals surface area contributed by atoms with Gasteiger partial charge in [-0.1, -0.05) is 28.1 Å². The van der Waals surface area contributed by atoms with Crippen molar-refractivity contribution in [1.29, 1.82) is 0 Å². The molecule has 88 valence electrons. The van der Waals surface area contributed by atoms with Crippen LogP contribution in [-0.2, 0) is 0 Å². The normalized spacial score (nSPS) is 10.4. The maximum atomic E-state index is 4.53. The lowest BCUT2D eigenvalue weighted by Gasteiger charge is -2.13. The van der Waals surface area contributed by atoms with Gasteiger partial charge < -0.3 is 4.90 Å². The van der Waals surface area contributed by atoms with E-state index in [0.717, 1.165) is 27.4 Å². The van der Waals surface area contributed by atoms with Crippen LogP contribution in [0.1, 0.15) is 5.69 Å². The second kappa shape index (κ2) is 4.84. The first-order valence-electron chi connectivity index (χ1n) is 5.35. The van der Waals surface area contributed by atoms with E-state index in [4.69, 9.17) is 0 Å². The summed E-state index contributed by atoms with van der Waals surface area (Å²) in [6.45, 7) is 1.98. The Bertz CT molecular complexity index is 521. The third-order valence-corrected chi connectivity index (χ3v) is 2.93. The quantitative estimate of drug-likeness (QED) is 0.850. The number of rotatable bonds is 2. The second-order valence-corrected chi connectivity index (χ2v) is 5.01. The lowest BCUT2D eigenvalue weighted by Crippen LogP contribution is -2.12. The van der Waals surface area contributed by atoms with Crippen LogP contribution >= 0.6 is 15.9 Å². The van der Waals surface area contributed by atoms with Gasteiger partial charge in [0.1, 0.15) is 5.82 Å². The molecule has 0 saturated heterocycles.